The number of nitrogens with zero attached hydrogens (tertiary/aromatic N) is 1. The van der Waals surface area contributed by atoms with E-state index in [0.717, 1.165) is 4.90 Å². The van der Waals surface area contributed by atoms with Crippen LogP contribution < -0.4 is 5.32 Å². The minimum absolute atomic E-state index is 0.217. The number of nitrogens with one attached hydrogen (secondary N) is 1. The van der Waals surface area contributed by atoms with Crippen LogP contribution in [0.4, 0.5) is 0 Å². The van der Waals surface area contributed by atoms with E-state index in [-0.39, 0.29) is 13.1 Å². The van der Waals surface area contributed by atoms with Crippen LogP contribution in [0.1, 0.15) is 26.5 Å². The Balaban J connectivity index is 1.65. The number of benzene rings is 1. The first-order valence-corrected chi connectivity index (χ1v) is 6.41. The fraction of sp³-hybridized carbons (Fsp3) is 0.133. The fourth-order valence-electron chi connectivity index (χ4n) is 2.18. The van der Waals surface area contributed by atoms with E-state index in [2.05, 4.69) is 5.32 Å². The Bertz CT molecular complexity index is 671. The Morgan fingerprint density at radius 2 is 1.71 bits per heavy atom. The van der Waals surface area contributed by atoms with Gasteiger partial charge in [0.15, 0.2) is 0 Å². The van der Waals surface area contributed by atoms with Gasteiger partial charge in [-0.05, 0) is 24.3 Å². The molecule has 2 aromatic rings. The van der Waals surface area contributed by atoms with Gasteiger partial charge in [0, 0.05) is 0 Å². The van der Waals surface area contributed by atoms with Crippen molar-refractivity contribution in [1.29, 1.82) is 0 Å². The van der Waals surface area contributed by atoms with Crippen LogP contribution in [-0.2, 0) is 11.3 Å². The van der Waals surface area contributed by atoms with Gasteiger partial charge in [-0.1, -0.05) is 12.1 Å². The van der Waals surface area contributed by atoms with Crippen molar-refractivity contribution in [3.63, 3.8) is 0 Å². The highest BCUT2D eigenvalue weighted by Crippen LogP contribution is 2.21. The summed E-state index contributed by atoms with van der Waals surface area (Å²) in [6, 6.07) is 9.97. The van der Waals surface area contributed by atoms with Gasteiger partial charge in [-0.2, -0.15) is 0 Å². The lowest BCUT2D eigenvalue weighted by atomic mass is 10.1. The first-order chi connectivity index (χ1) is 10.2. The standard InChI is InChI=1S/C15H12N2O4/c18-13(16-8-10-4-3-7-21-10)9-17-14(19)11-5-1-2-6-12(11)15(17)20/h1-7H,8-9H2,(H,16,18). The van der Waals surface area contributed by atoms with E-state index in [4.69, 9.17) is 4.42 Å². The third-order valence-corrected chi connectivity index (χ3v) is 3.22. The zero-order valence-electron chi connectivity index (χ0n) is 11.0. The number of hydrogen-bond donors (Lipinski definition) is 1. The summed E-state index contributed by atoms with van der Waals surface area (Å²) in [5.41, 5.74) is 0.669. The molecule has 1 aliphatic heterocycles. The van der Waals surface area contributed by atoms with Crippen molar-refractivity contribution in [2.45, 2.75) is 6.54 Å². The number of amides is 3. The van der Waals surface area contributed by atoms with Crippen molar-refractivity contribution in [1.82, 2.24) is 10.2 Å². The van der Waals surface area contributed by atoms with Crippen LogP contribution in [0.5, 0.6) is 0 Å². The number of hydrogen-bond acceptors (Lipinski definition) is 4. The van der Waals surface area contributed by atoms with Gasteiger partial charge in [0.05, 0.1) is 23.9 Å². The first-order valence-electron chi connectivity index (χ1n) is 6.41. The molecule has 6 nitrogen and oxygen atoms in total. The summed E-state index contributed by atoms with van der Waals surface area (Å²) >= 11 is 0. The van der Waals surface area contributed by atoms with Crippen LogP contribution in [0.3, 0.4) is 0 Å². The predicted molar refractivity (Wildman–Crippen MR) is 72.4 cm³/mol. The van der Waals surface area contributed by atoms with Crippen molar-refractivity contribution in [2.75, 3.05) is 6.54 Å². The van der Waals surface area contributed by atoms with E-state index in [1.807, 2.05) is 0 Å². The number of carbonyl (C=O) groups is 3. The Morgan fingerprint density at radius 3 is 2.29 bits per heavy atom. The lowest BCUT2D eigenvalue weighted by Crippen LogP contribution is -2.40. The Labute approximate surface area is 120 Å². The zero-order valence-corrected chi connectivity index (χ0v) is 11.0. The van der Waals surface area contributed by atoms with E-state index >= 15 is 0 Å². The molecule has 2 heterocycles. The second kappa shape index (κ2) is 5.24. The number of rotatable bonds is 4. The van der Waals surface area contributed by atoms with Gasteiger partial charge in [-0.25, -0.2) is 0 Å². The molecule has 1 aromatic heterocycles. The highest BCUT2D eigenvalue weighted by molar-refractivity contribution is 6.22. The maximum Gasteiger partial charge on any atom is 0.262 e. The van der Waals surface area contributed by atoms with Crippen LogP contribution in [0, 0.1) is 0 Å². The second-order valence-corrected chi connectivity index (χ2v) is 4.60. The van der Waals surface area contributed by atoms with E-state index in [9.17, 15) is 14.4 Å². The van der Waals surface area contributed by atoms with Crippen LogP contribution in [0.15, 0.2) is 47.1 Å². The largest absolute Gasteiger partial charge is 0.467 e. The molecule has 0 spiro atoms. The normalized spacial score (nSPS) is 13.4. The van der Waals surface area contributed by atoms with E-state index < -0.39 is 17.7 Å². The summed E-state index contributed by atoms with van der Waals surface area (Å²) in [6.45, 7) is -0.0813. The van der Waals surface area contributed by atoms with Crippen LogP contribution in [0.2, 0.25) is 0 Å². The average Bonchev–Trinajstić information content (AvgIpc) is 3.09. The molecule has 0 unspecified atom stereocenters. The van der Waals surface area contributed by atoms with E-state index in [1.54, 1.807) is 36.4 Å². The molecular formula is C15H12N2O4. The van der Waals surface area contributed by atoms with Crippen molar-refractivity contribution in [3.8, 4) is 0 Å². The van der Waals surface area contributed by atoms with Gasteiger partial charge in [0.1, 0.15) is 12.3 Å². The summed E-state index contributed by atoms with van der Waals surface area (Å²) in [6.07, 6.45) is 1.51. The zero-order chi connectivity index (χ0) is 14.8. The molecule has 0 saturated carbocycles. The third-order valence-electron chi connectivity index (χ3n) is 3.22. The molecule has 3 rings (SSSR count). The predicted octanol–water partition coefficient (Wildman–Crippen LogP) is 1.19. The summed E-state index contributed by atoms with van der Waals surface area (Å²) in [7, 11) is 0. The molecule has 0 atom stereocenters. The molecule has 0 radical (unpaired) electrons. The van der Waals surface area contributed by atoms with Crippen molar-refractivity contribution in [3.05, 3.63) is 59.5 Å². The quantitative estimate of drug-likeness (QED) is 0.855. The van der Waals surface area contributed by atoms with Gasteiger partial charge >= 0.3 is 0 Å². The summed E-state index contributed by atoms with van der Waals surface area (Å²) in [5, 5.41) is 2.60. The van der Waals surface area contributed by atoms with Crippen molar-refractivity contribution < 1.29 is 18.8 Å². The van der Waals surface area contributed by atoms with Gasteiger partial charge in [-0.3, -0.25) is 19.3 Å². The number of furan rings is 1. The molecule has 0 aliphatic carbocycles. The van der Waals surface area contributed by atoms with E-state index in [1.165, 1.54) is 6.26 Å². The van der Waals surface area contributed by atoms with Gasteiger partial charge < -0.3 is 9.73 Å². The molecular weight excluding hydrogens is 272 g/mol. The lowest BCUT2D eigenvalue weighted by molar-refractivity contribution is -0.121. The highest BCUT2D eigenvalue weighted by atomic mass is 16.3. The van der Waals surface area contributed by atoms with Gasteiger partial charge in [0.2, 0.25) is 5.91 Å². The summed E-state index contributed by atoms with van der Waals surface area (Å²) < 4.78 is 5.08. The first kappa shape index (κ1) is 13.1. The average molecular weight is 284 g/mol. The monoisotopic (exact) mass is 284 g/mol. The lowest BCUT2D eigenvalue weighted by Gasteiger charge is -2.13. The number of fused-ring (bicyclic) bond motifs is 1. The fourth-order valence-corrected chi connectivity index (χ4v) is 2.18. The SMILES string of the molecule is O=C(CN1C(=O)c2ccccc2C1=O)NCc1ccco1. The van der Waals surface area contributed by atoms with Crippen molar-refractivity contribution in [2.24, 2.45) is 0 Å². The molecule has 1 N–H and O–H groups in total. The minimum atomic E-state index is -0.441. The second-order valence-electron chi connectivity index (χ2n) is 4.60. The summed E-state index contributed by atoms with van der Waals surface area (Å²) in [5.74, 6) is -0.695. The number of imide groups is 1. The Kier molecular flexibility index (Phi) is 3.27. The Morgan fingerprint density at radius 1 is 1.05 bits per heavy atom. The molecule has 1 aromatic carbocycles. The maximum atomic E-state index is 12.1. The minimum Gasteiger partial charge on any atom is -0.467 e. The molecule has 1 aliphatic rings. The molecule has 0 fully saturated rings. The molecule has 21 heavy (non-hydrogen) atoms. The molecule has 6 heteroatoms. The van der Waals surface area contributed by atoms with Gasteiger partial charge in [-0.15, -0.1) is 0 Å². The highest BCUT2D eigenvalue weighted by Gasteiger charge is 2.36. The third kappa shape index (κ3) is 2.43. The Hall–Kier alpha value is -2.89. The van der Waals surface area contributed by atoms with Crippen LogP contribution in [-0.4, -0.2) is 29.2 Å². The smallest absolute Gasteiger partial charge is 0.262 e. The topological polar surface area (TPSA) is 79.6 Å². The van der Waals surface area contributed by atoms with Gasteiger partial charge in [0.25, 0.3) is 11.8 Å². The molecule has 3 amide bonds. The molecule has 0 saturated heterocycles. The molecule has 0 bridgehead atoms. The maximum absolute atomic E-state index is 12.1. The van der Waals surface area contributed by atoms with E-state index in [0.29, 0.717) is 16.9 Å². The summed E-state index contributed by atoms with van der Waals surface area (Å²) in [4.78, 5) is 36.9. The van der Waals surface area contributed by atoms with Crippen molar-refractivity contribution >= 4 is 17.7 Å². The van der Waals surface area contributed by atoms with Crippen LogP contribution in [0.25, 0.3) is 0 Å². The number of carbonyl (C=O) groups excluding carboxylic acids is 3. The molecule has 106 valence electrons. The van der Waals surface area contributed by atoms with Crippen LogP contribution >= 0.6 is 0 Å².